The lowest BCUT2D eigenvalue weighted by molar-refractivity contribution is -0.141. The summed E-state index contributed by atoms with van der Waals surface area (Å²) >= 11 is 6.10. The van der Waals surface area contributed by atoms with Gasteiger partial charge in [-0.2, -0.15) is 0 Å². The summed E-state index contributed by atoms with van der Waals surface area (Å²) < 4.78 is 27.0. The Morgan fingerprint density at radius 2 is 1.57 bits per heavy atom. The number of amides is 2. The number of nitrogens with zero attached hydrogens (tertiary/aromatic N) is 2. The second kappa shape index (κ2) is 14.7. The maximum Gasteiger partial charge on any atom is 0.247 e. The number of pyridine rings is 1. The molecule has 1 heterocycles. The molecule has 0 spiro atoms. The Morgan fingerprint density at radius 1 is 0.881 bits per heavy atom. The molecular formula is C32H33ClN4O4S. The van der Waals surface area contributed by atoms with Crippen LogP contribution in [0.2, 0.25) is 5.02 Å². The fourth-order valence-electron chi connectivity index (χ4n) is 4.51. The Balaban J connectivity index is 1.59. The molecule has 0 radical (unpaired) electrons. The van der Waals surface area contributed by atoms with Gasteiger partial charge in [0.05, 0.1) is 4.90 Å². The minimum Gasteiger partial charge on any atom is -0.350 e. The van der Waals surface area contributed by atoms with E-state index in [9.17, 15) is 18.0 Å². The fraction of sp³-hybridized carbons (Fsp3) is 0.219. The van der Waals surface area contributed by atoms with Gasteiger partial charge in [-0.05, 0) is 59.0 Å². The maximum atomic E-state index is 13.9. The average molecular weight is 605 g/mol. The fourth-order valence-corrected chi connectivity index (χ4v) is 5.68. The molecule has 0 bridgehead atoms. The largest absolute Gasteiger partial charge is 0.350 e. The van der Waals surface area contributed by atoms with Crippen molar-refractivity contribution in [2.45, 2.75) is 43.8 Å². The average Bonchev–Trinajstić information content (AvgIpc) is 3.01. The highest BCUT2D eigenvalue weighted by Gasteiger charge is 2.31. The van der Waals surface area contributed by atoms with Gasteiger partial charge in [-0.25, -0.2) is 13.1 Å². The number of sulfonamides is 1. The lowest BCUT2D eigenvalue weighted by Gasteiger charge is -2.32. The highest BCUT2D eigenvalue weighted by molar-refractivity contribution is 7.89. The molecule has 0 fully saturated rings. The predicted octanol–water partition coefficient (Wildman–Crippen LogP) is 5.05. The highest BCUT2D eigenvalue weighted by Crippen LogP contribution is 2.26. The molecule has 0 aliphatic rings. The van der Waals surface area contributed by atoms with Crippen LogP contribution in [0.3, 0.4) is 0 Å². The molecule has 8 nitrogen and oxygen atoms in total. The first-order valence-corrected chi connectivity index (χ1v) is 15.5. The molecule has 0 saturated heterocycles. The molecule has 2 amide bonds. The lowest BCUT2D eigenvalue weighted by atomic mass is 10.0. The van der Waals surface area contributed by atoms with Crippen LogP contribution in [-0.4, -0.2) is 36.7 Å². The van der Waals surface area contributed by atoms with Crippen LogP contribution >= 0.6 is 11.6 Å². The number of aromatic nitrogens is 1. The maximum absolute atomic E-state index is 13.9. The minimum atomic E-state index is -3.57. The normalized spacial score (nSPS) is 12.0. The van der Waals surface area contributed by atoms with E-state index in [1.54, 1.807) is 54.5 Å². The van der Waals surface area contributed by atoms with E-state index in [4.69, 9.17) is 11.6 Å². The van der Waals surface area contributed by atoms with Crippen molar-refractivity contribution in [1.82, 2.24) is 19.9 Å². The van der Waals surface area contributed by atoms with Crippen LogP contribution in [0, 0.1) is 0 Å². The third kappa shape index (κ3) is 8.48. The SMILES string of the molecule is CCNS(=O)(=O)c1ccc(CCC(=O)N(Cc2ccc(Cl)cc2)[C@@H](C(=O)NCc2cccnc2)c2ccccc2)cc1. The molecule has 0 unspecified atom stereocenters. The first-order chi connectivity index (χ1) is 20.3. The first-order valence-electron chi connectivity index (χ1n) is 13.6. The monoisotopic (exact) mass is 604 g/mol. The van der Waals surface area contributed by atoms with Gasteiger partial charge in [-0.3, -0.25) is 14.6 Å². The molecule has 10 heteroatoms. The standard InChI is InChI=1S/C32H33ClN4O4S/c1-2-36-42(40,41)29-17-12-24(13-18-29)14-19-30(38)37(23-25-10-15-28(33)16-11-25)31(27-8-4-3-5-9-27)32(39)35-22-26-7-6-20-34-21-26/h3-13,15-18,20-21,31,36H,2,14,19,22-23H2,1H3,(H,35,39)/t31-/m1/s1. The van der Waals surface area contributed by atoms with Crippen LogP contribution in [0.4, 0.5) is 0 Å². The number of rotatable bonds is 13. The number of benzene rings is 3. The third-order valence-electron chi connectivity index (χ3n) is 6.65. The van der Waals surface area contributed by atoms with Gasteiger partial charge in [-0.15, -0.1) is 0 Å². The molecule has 1 aromatic heterocycles. The number of aryl methyl sites for hydroxylation is 1. The molecule has 2 N–H and O–H groups in total. The predicted molar refractivity (Wildman–Crippen MR) is 163 cm³/mol. The van der Waals surface area contributed by atoms with Crippen LogP contribution in [-0.2, 0) is 39.1 Å². The summed E-state index contributed by atoms with van der Waals surface area (Å²) in [5.41, 5.74) is 3.16. The molecule has 4 aromatic rings. The molecule has 3 aromatic carbocycles. The molecule has 4 rings (SSSR count). The Bertz CT molecular complexity index is 1570. The summed E-state index contributed by atoms with van der Waals surface area (Å²) in [5, 5.41) is 3.55. The van der Waals surface area contributed by atoms with Gasteiger partial charge in [0.15, 0.2) is 0 Å². The smallest absolute Gasteiger partial charge is 0.247 e. The van der Waals surface area contributed by atoms with Crippen molar-refractivity contribution >= 4 is 33.4 Å². The van der Waals surface area contributed by atoms with Crippen LogP contribution < -0.4 is 10.0 Å². The van der Waals surface area contributed by atoms with E-state index in [1.165, 1.54) is 12.1 Å². The number of carbonyl (C=O) groups excluding carboxylic acids is 2. The zero-order valence-corrected chi connectivity index (χ0v) is 24.8. The van der Waals surface area contributed by atoms with Crippen LogP contribution in [0.15, 0.2) is 108 Å². The minimum absolute atomic E-state index is 0.117. The first kappa shape index (κ1) is 30.9. The van der Waals surface area contributed by atoms with Crippen LogP contribution in [0.1, 0.15) is 41.6 Å². The van der Waals surface area contributed by atoms with Gasteiger partial charge in [0.2, 0.25) is 21.8 Å². The number of halogens is 1. The number of hydrogen-bond acceptors (Lipinski definition) is 5. The quantitative estimate of drug-likeness (QED) is 0.222. The number of hydrogen-bond donors (Lipinski definition) is 2. The van der Waals surface area contributed by atoms with E-state index < -0.39 is 16.1 Å². The van der Waals surface area contributed by atoms with Crippen molar-refractivity contribution in [2.75, 3.05) is 6.54 Å². The summed E-state index contributed by atoms with van der Waals surface area (Å²) in [6.45, 7) is 2.46. The van der Waals surface area contributed by atoms with Gasteiger partial charge >= 0.3 is 0 Å². The summed E-state index contributed by atoms with van der Waals surface area (Å²) in [5.74, 6) is -0.537. The zero-order chi connectivity index (χ0) is 30.0. The van der Waals surface area contributed by atoms with Gasteiger partial charge in [0.25, 0.3) is 0 Å². The number of nitrogens with one attached hydrogen (secondary N) is 2. The van der Waals surface area contributed by atoms with Gasteiger partial charge < -0.3 is 10.2 Å². The highest BCUT2D eigenvalue weighted by atomic mass is 35.5. The summed E-state index contributed by atoms with van der Waals surface area (Å²) in [6.07, 6.45) is 3.84. The van der Waals surface area contributed by atoms with E-state index >= 15 is 0 Å². The third-order valence-corrected chi connectivity index (χ3v) is 8.46. The van der Waals surface area contributed by atoms with Crippen molar-refractivity contribution in [3.8, 4) is 0 Å². The van der Waals surface area contributed by atoms with E-state index in [0.29, 0.717) is 23.6 Å². The number of carbonyl (C=O) groups is 2. The second-order valence-corrected chi connectivity index (χ2v) is 11.9. The van der Waals surface area contributed by atoms with Gasteiger partial charge in [-0.1, -0.05) is 79.2 Å². The Kier molecular flexibility index (Phi) is 10.8. The van der Waals surface area contributed by atoms with Crippen LogP contribution in [0.5, 0.6) is 0 Å². The molecule has 0 aliphatic heterocycles. The van der Waals surface area contributed by atoms with E-state index in [2.05, 4.69) is 15.0 Å². The zero-order valence-electron chi connectivity index (χ0n) is 23.2. The Labute approximate surface area is 251 Å². The summed E-state index contributed by atoms with van der Waals surface area (Å²) in [7, 11) is -3.57. The molecule has 0 saturated carbocycles. The van der Waals surface area contributed by atoms with E-state index in [1.807, 2.05) is 48.5 Å². The van der Waals surface area contributed by atoms with E-state index in [0.717, 1.165) is 16.7 Å². The molecule has 218 valence electrons. The summed E-state index contributed by atoms with van der Waals surface area (Å²) in [4.78, 5) is 33.5. The molecule has 1 atom stereocenters. The van der Waals surface area contributed by atoms with Crippen molar-refractivity contribution in [3.63, 3.8) is 0 Å². The topological polar surface area (TPSA) is 108 Å². The molecule has 0 aliphatic carbocycles. The molecule has 42 heavy (non-hydrogen) atoms. The van der Waals surface area contributed by atoms with Crippen molar-refractivity contribution in [3.05, 3.63) is 131 Å². The summed E-state index contributed by atoms with van der Waals surface area (Å²) in [6, 6.07) is 25.6. The van der Waals surface area contributed by atoms with Crippen molar-refractivity contribution in [1.29, 1.82) is 0 Å². The Morgan fingerprint density at radius 3 is 2.21 bits per heavy atom. The van der Waals surface area contributed by atoms with Gasteiger partial charge in [0, 0.05) is 43.5 Å². The van der Waals surface area contributed by atoms with E-state index in [-0.39, 0.29) is 36.2 Å². The van der Waals surface area contributed by atoms with Crippen molar-refractivity contribution in [2.24, 2.45) is 0 Å². The van der Waals surface area contributed by atoms with Gasteiger partial charge in [0.1, 0.15) is 6.04 Å². The second-order valence-electron chi connectivity index (χ2n) is 9.69. The Hall–Kier alpha value is -4.05. The molecular weight excluding hydrogens is 572 g/mol. The van der Waals surface area contributed by atoms with Crippen molar-refractivity contribution < 1.29 is 18.0 Å². The lowest BCUT2D eigenvalue weighted by Crippen LogP contribution is -2.43. The van der Waals surface area contributed by atoms with Crippen LogP contribution in [0.25, 0.3) is 0 Å².